The minimum absolute atomic E-state index is 0.191. The van der Waals surface area contributed by atoms with E-state index in [4.69, 9.17) is 20.9 Å². The molecule has 0 radical (unpaired) electrons. The van der Waals surface area contributed by atoms with Crippen molar-refractivity contribution in [3.8, 4) is 0 Å². The smallest absolute Gasteiger partial charge is 0.284 e. The van der Waals surface area contributed by atoms with E-state index in [1.807, 2.05) is 49.4 Å². The number of halogens is 1. The summed E-state index contributed by atoms with van der Waals surface area (Å²) in [6, 6.07) is 17.9. The first-order chi connectivity index (χ1) is 17.1. The second kappa shape index (κ2) is 9.76. The van der Waals surface area contributed by atoms with Crippen LogP contribution in [0.5, 0.6) is 0 Å². The van der Waals surface area contributed by atoms with Gasteiger partial charge in [-0.25, -0.2) is 5.01 Å². The highest BCUT2D eigenvalue weighted by molar-refractivity contribution is 6.54. The SMILES string of the molecule is CCCN1C(=O)C(=NOCC(=O)N2N=C(c3ccc(Cl)cc3)CC2c2ccco2)c2ccccc21. The number of hydrazone groups is 1. The number of oxime groups is 1. The van der Waals surface area contributed by atoms with Crippen LogP contribution in [0.15, 0.2) is 81.6 Å². The number of fused-ring (bicyclic) bond motifs is 1. The number of furan rings is 1. The van der Waals surface area contributed by atoms with Crippen LogP contribution in [0.3, 0.4) is 0 Å². The van der Waals surface area contributed by atoms with Crippen LogP contribution in [0.1, 0.15) is 42.7 Å². The van der Waals surface area contributed by atoms with Gasteiger partial charge in [0, 0.05) is 23.6 Å². The van der Waals surface area contributed by atoms with Crippen molar-refractivity contribution < 1.29 is 18.8 Å². The van der Waals surface area contributed by atoms with Gasteiger partial charge in [-0.1, -0.05) is 54.0 Å². The van der Waals surface area contributed by atoms with E-state index >= 15 is 0 Å². The van der Waals surface area contributed by atoms with E-state index in [0.29, 0.717) is 29.3 Å². The van der Waals surface area contributed by atoms with Crippen LogP contribution < -0.4 is 4.90 Å². The Hall–Kier alpha value is -3.91. The van der Waals surface area contributed by atoms with Gasteiger partial charge in [-0.2, -0.15) is 5.10 Å². The monoisotopic (exact) mass is 490 g/mol. The summed E-state index contributed by atoms with van der Waals surface area (Å²) in [7, 11) is 0. The van der Waals surface area contributed by atoms with Gasteiger partial charge in [0.1, 0.15) is 11.8 Å². The fourth-order valence-corrected chi connectivity index (χ4v) is 4.40. The molecule has 5 rings (SSSR count). The molecule has 0 fully saturated rings. The molecule has 0 aliphatic carbocycles. The van der Waals surface area contributed by atoms with Crippen LogP contribution in [0, 0.1) is 0 Å². The number of anilines is 1. The summed E-state index contributed by atoms with van der Waals surface area (Å²) >= 11 is 6.01. The number of hydrogen-bond donors (Lipinski definition) is 0. The van der Waals surface area contributed by atoms with E-state index in [9.17, 15) is 9.59 Å². The Balaban J connectivity index is 1.35. The van der Waals surface area contributed by atoms with Gasteiger partial charge in [-0.05, 0) is 42.3 Å². The van der Waals surface area contributed by atoms with E-state index in [0.717, 1.165) is 23.4 Å². The van der Waals surface area contributed by atoms with Gasteiger partial charge in [0.25, 0.3) is 11.8 Å². The second-order valence-electron chi connectivity index (χ2n) is 8.21. The molecule has 2 aromatic carbocycles. The average molecular weight is 491 g/mol. The van der Waals surface area contributed by atoms with E-state index in [2.05, 4.69) is 10.3 Å². The van der Waals surface area contributed by atoms with Gasteiger partial charge in [0.2, 0.25) is 0 Å². The van der Waals surface area contributed by atoms with E-state index in [1.165, 1.54) is 5.01 Å². The lowest BCUT2D eigenvalue weighted by molar-refractivity contribution is -0.138. The van der Waals surface area contributed by atoms with Crippen molar-refractivity contribution in [3.63, 3.8) is 0 Å². The van der Waals surface area contributed by atoms with Crippen LogP contribution in [0.2, 0.25) is 5.02 Å². The largest absolute Gasteiger partial charge is 0.467 e. The maximum absolute atomic E-state index is 13.1. The average Bonchev–Trinajstić information content (AvgIpc) is 3.60. The Bertz CT molecular complexity index is 1300. The Kier molecular flexibility index (Phi) is 6.37. The molecule has 2 aliphatic rings. The Morgan fingerprint density at radius 2 is 1.97 bits per heavy atom. The number of para-hydroxylation sites is 1. The summed E-state index contributed by atoms with van der Waals surface area (Å²) in [5, 5.41) is 10.6. The molecule has 3 aromatic rings. The maximum Gasteiger partial charge on any atom is 0.284 e. The predicted octanol–water partition coefficient (Wildman–Crippen LogP) is 4.79. The first kappa shape index (κ1) is 22.9. The normalized spacial score (nSPS) is 18.2. The lowest BCUT2D eigenvalue weighted by Gasteiger charge is -2.19. The number of carbonyl (C=O) groups excluding carboxylic acids is 2. The third-order valence-corrected chi connectivity index (χ3v) is 6.16. The highest BCUT2D eigenvalue weighted by atomic mass is 35.5. The zero-order valence-corrected chi connectivity index (χ0v) is 19.8. The Labute approximate surface area is 207 Å². The number of carbonyl (C=O) groups is 2. The molecule has 2 aliphatic heterocycles. The van der Waals surface area contributed by atoms with Crippen molar-refractivity contribution in [2.45, 2.75) is 25.8 Å². The fourth-order valence-electron chi connectivity index (χ4n) is 4.27. The topological polar surface area (TPSA) is 87.7 Å². The summed E-state index contributed by atoms with van der Waals surface area (Å²) in [4.78, 5) is 33.1. The Morgan fingerprint density at radius 1 is 1.17 bits per heavy atom. The van der Waals surface area contributed by atoms with Gasteiger partial charge >= 0.3 is 0 Å². The highest BCUT2D eigenvalue weighted by Crippen LogP contribution is 2.33. The minimum Gasteiger partial charge on any atom is -0.467 e. The first-order valence-corrected chi connectivity index (χ1v) is 11.7. The molecule has 3 heterocycles. The lowest BCUT2D eigenvalue weighted by atomic mass is 10.0. The molecule has 1 atom stereocenters. The van der Waals surface area contributed by atoms with Crippen LogP contribution in [0.25, 0.3) is 0 Å². The minimum atomic E-state index is -0.409. The molecule has 0 spiro atoms. The van der Waals surface area contributed by atoms with Crippen molar-refractivity contribution in [3.05, 3.63) is 88.8 Å². The van der Waals surface area contributed by atoms with Gasteiger partial charge < -0.3 is 14.2 Å². The van der Waals surface area contributed by atoms with Gasteiger partial charge in [0.05, 0.1) is 17.7 Å². The van der Waals surface area contributed by atoms with E-state index in [-0.39, 0.29) is 18.2 Å². The van der Waals surface area contributed by atoms with E-state index in [1.54, 1.807) is 29.4 Å². The van der Waals surface area contributed by atoms with Crippen LogP contribution in [-0.2, 0) is 14.4 Å². The summed E-state index contributed by atoms with van der Waals surface area (Å²) < 4.78 is 5.57. The quantitative estimate of drug-likeness (QED) is 0.445. The second-order valence-corrected chi connectivity index (χ2v) is 8.65. The first-order valence-electron chi connectivity index (χ1n) is 11.4. The number of benzene rings is 2. The number of nitrogens with zero attached hydrogens (tertiary/aromatic N) is 4. The summed E-state index contributed by atoms with van der Waals surface area (Å²) in [6.45, 7) is 2.21. The molecule has 9 heteroatoms. The molecule has 2 amide bonds. The molecule has 35 heavy (non-hydrogen) atoms. The summed E-state index contributed by atoms with van der Waals surface area (Å²) in [5.74, 6) is -0.0190. The van der Waals surface area contributed by atoms with Gasteiger partial charge in [-0.3, -0.25) is 9.59 Å². The van der Waals surface area contributed by atoms with Crippen LogP contribution in [-0.4, -0.2) is 41.4 Å². The molecule has 0 saturated carbocycles. The molecule has 0 N–H and O–H groups in total. The van der Waals surface area contributed by atoms with Crippen LogP contribution in [0.4, 0.5) is 5.69 Å². The zero-order chi connectivity index (χ0) is 24.4. The van der Waals surface area contributed by atoms with Gasteiger partial charge in [-0.15, -0.1) is 0 Å². The lowest BCUT2D eigenvalue weighted by Crippen LogP contribution is -2.32. The standard InChI is InChI=1S/C26H23ClN4O4/c1-2-13-30-21-7-4-3-6-19(21)25(26(30)33)29-35-16-24(32)31-22(23-8-5-14-34-23)15-20(28-31)17-9-11-18(27)12-10-17/h3-12,14,22H,2,13,15-16H2,1H3. The van der Waals surface area contributed by atoms with Gasteiger partial charge in [0.15, 0.2) is 12.3 Å². The summed E-state index contributed by atoms with van der Waals surface area (Å²) in [6.07, 6.45) is 2.85. The van der Waals surface area contributed by atoms with Crippen molar-refractivity contribution >= 4 is 40.5 Å². The zero-order valence-electron chi connectivity index (χ0n) is 19.1. The number of amides is 2. The number of hydrogen-bond acceptors (Lipinski definition) is 6. The molecule has 8 nitrogen and oxygen atoms in total. The molecule has 0 bridgehead atoms. The predicted molar refractivity (Wildman–Crippen MR) is 132 cm³/mol. The fraction of sp³-hybridized carbons (Fsp3) is 0.231. The van der Waals surface area contributed by atoms with Crippen molar-refractivity contribution in [2.75, 3.05) is 18.1 Å². The van der Waals surface area contributed by atoms with Crippen molar-refractivity contribution in [1.29, 1.82) is 0 Å². The molecule has 1 aromatic heterocycles. The summed E-state index contributed by atoms with van der Waals surface area (Å²) in [5.41, 5.74) is 3.28. The Morgan fingerprint density at radius 3 is 2.71 bits per heavy atom. The number of rotatable bonds is 7. The molecular formula is C26H23ClN4O4. The van der Waals surface area contributed by atoms with Crippen LogP contribution >= 0.6 is 11.6 Å². The highest BCUT2D eigenvalue weighted by Gasteiger charge is 2.36. The van der Waals surface area contributed by atoms with Crippen molar-refractivity contribution in [1.82, 2.24) is 5.01 Å². The maximum atomic E-state index is 13.1. The molecule has 178 valence electrons. The third kappa shape index (κ3) is 4.44. The third-order valence-electron chi connectivity index (χ3n) is 5.90. The molecule has 1 unspecified atom stereocenters. The molecule has 0 saturated heterocycles. The van der Waals surface area contributed by atoms with E-state index < -0.39 is 11.9 Å². The van der Waals surface area contributed by atoms with Crippen molar-refractivity contribution in [2.24, 2.45) is 10.3 Å². The molecular weight excluding hydrogens is 468 g/mol.